The first kappa shape index (κ1) is 17.9. The van der Waals surface area contributed by atoms with E-state index in [-0.39, 0.29) is 17.3 Å². The zero-order chi connectivity index (χ0) is 16.0. The first-order valence-corrected chi connectivity index (χ1v) is 7.61. The van der Waals surface area contributed by atoms with Crippen molar-refractivity contribution in [2.24, 2.45) is 17.1 Å². The van der Waals surface area contributed by atoms with Crippen LogP contribution in [0.4, 0.5) is 5.95 Å². The molecule has 0 aromatic carbocycles. The third-order valence-corrected chi connectivity index (χ3v) is 3.73. The van der Waals surface area contributed by atoms with Gasteiger partial charge in [0.2, 0.25) is 11.9 Å². The zero-order valence-corrected chi connectivity index (χ0v) is 14.0. The zero-order valence-electron chi connectivity index (χ0n) is 13.2. The Morgan fingerprint density at radius 1 is 1.38 bits per heavy atom. The van der Waals surface area contributed by atoms with Crippen molar-refractivity contribution in [3.05, 3.63) is 16.9 Å². The highest BCUT2D eigenvalue weighted by Crippen LogP contribution is 2.32. The molecular weight excluding hydrogens is 288 g/mol. The number of hydrogen-bond acceptors (Lipinski definition) is 4. The monoisotopic (exact) mass is 312 g/mol. The lowest BCUT2D eigenvalue weighted by atomic mass is 9.76. The molecule has 5 nitrogen and oxygen atoms in total. The van der Waals surface area contributed by atoms with Crippen molar-refractivity contribution < 1.29 is 4.79 Å². The van der Waals surface area contributed by atoms with Crippen molar-refractivity contribution in [3.8, 4) is 0 Å². The molecule has 0 spiro atoms. The molecule has 1 amide bonds. The van der Waals surface area contributed by atoms with E-state index in [1.54, 1.807) is 13.0 Å². The SMILES string of the molecule is Cc1cc(Cl)nc(NC(=O)CCC(CCN)C(C)(C)C)n1. The van der Waals surface area contributed by atoms with E-state index in [1.807, 2.05) is 0 Å². The number of aryl methyl sites for hydroxylation is 1. The molecule has 1 heterocycles. The Hall–Kier alpha value is -1.20. The Bertz CT molecular complexity index is 465. The molecule has 1 aromatic rings. The Balaban J connectivity index is 2.57. The second-order valence-electron chi connectivity index (χ2n) is 6.38. The Morgan fingerprint density at radius 3 is 2.57 bits per heavy atom. The molecule has 0 bridgehead atoms. The number of nitrogens with zero attached hydrogens (tertiary/aromatic N) is 2. The molecule has 1 aromatic heterocycles. The van der Waals surface area contributed by atoms with Gasteiger partial charge in [0.15, 0.2) is 0 Å². The van der Waals surface area contributed by atoms with Crippen LogP contribution in [0.25, 0.3) is 0 Å². The standard InChI is InChI=1S/C15H25ClN4O/c1-10-9-12(16)19-14(18-10)20-13(21)6-5-11(7-8-17)15(2,3)4/h9,11H,5-8,17H2,1-4H3,(H,18,19,20,21). The minimum Gasteiger partial charge on any atom is -0.330 e. The predicted octanol–water partition coefficient (Wildman–Crippen LogP) is 3.17. The van der Waals surface area contributed by atoms with Gasteiger partial charge in [0.25, 0.3) is 0 Å². The molecule has 0 aliphatic heterocycles. The summed E-state index contributed by atoms with van der Waals surface area (Å²) >= 11 is 5.85. The highest BCUT2D eigenvalue weighted by atomic mass is 35.5. The van der Waals surface area contributed by atoms with E-state index in [0.29, 0.717) is 24.0 Å². The maximum Gasteiger partial charge on any atom is 0.231 e. The molecule has 0 saturated heterocycles. The number of anilines is 1. The van der Waals surface area contributed by atoms with Crippen molar-refractivity contribution in [2.45, 2.75) is 47.0 Å². The minimum absolute atomic E-state index is 0.0945. The van der Waals surface area contributed by atoms with E-state index >= 15 is 0 Å². The molecule has 0 saturated carbocycles. The van der Waals surface area contributed by atoms with Gasteiger partial charge in [-0.3, -0.25) is 10.1 Å². The third-order valence-electron chi connectivity index (χ3n) is 3.53. The maximum absolute atomic E-state index is 12.0. The fourth-order valence-electron chi connectivity index (χ4n) is 2.29. The molecular formula is C15H25ClN4O. The van der Waals surface area contributed by atoms with Crippen LogP contribution in [0.3, 0.4) is 0 Å². The number of nitrogens with one attached hydrogen (secondary N) is 1. The van der Waals surface area contributed by atoms with Gasteiger partial charge >= 0.3 is 0 Å². The van der Waals surface area contributed by atoms with Crippen LogP contribution in [0.1, 0.15) is 45.7 Å². The van der Waals surface area contributed by atoms with Gasteiger partial charge in [-0.05, 0) is 43.7 Å². The van der Waals surface area contributed by atoms with Gasteiger partial charge in [-0.2, -0.15) is 0 Å². The van der Waals surface area contributed by atoms with E-state index in [4.69, 9.17) is 17.3 Å². The molecule has 1 rings (SSSR count). The van der Waals surface area contributed by atoms with Gasteiger partial charge in [0.1, 0.15) is 5.15 Å². The van der Waals surface area contributed by atoms with Crippen molar-refractivity contribution in [2.75, 3.05) is 11.9 Å². The van der Waals surface area contributed by atoms with Crippen molar-refractivity contribution in [3.63, 3.8) is 0 Å². The number of nitrogens with two attached hydrogens (primary N) is 1. The third kappa shape index (κ3) is 6.40. The van der Waals surface area contributed by atoms with Crippen LogP contribution in [0.15, 0.2) is 6.07 Å². The van der Waals surface area contributed by atoms with Crippen LogP contribution in [0.5, 0.6) is 0 Å². The Labute approximate surface area is 131 Å². The smallest absolute Gasteiger partial charge is 0.231 e. The lowest BCUT2D eigenvalue weighted by Crippen LogP contribution is -2.25. The van der Waals surface area contributed by atoms with Crippen LogP contribution >= 0.6 is 11.6 Å². The molecule has 0 aliphatic rings. The van der Waals surface area contributed by atoms with Crippen LogP contribution in [0.2, 0.25) is 5.15 Å². The summed E-state index contributed by atoms with van der Waals surface area (Å²) in [5.74, 6) is 0.578. The van der Waals surface area contributed by atoms with Gasteiger partial charge < -0.3 is 5.73 Å². The van der Waals surface area contributed by atoms with Crippen molar-refractivity contribution >= 4 is 23.5 Å². The second-order valence-corrected chi connectivity index (χ2v) is 6.77. The molecule has 1 unspecified atom stereocenters. The van der Waals surface area contributed by atoms with Crippen LogP contribution in [0, 0.1) is 18.3 Å². The summed E-state index contributed by atoms with van der Waals surface area (Å²) in [6.45, 7) is 8.97. The van der Waals surface area contributed by atoms with Crippen LogP contribution in [-0.4, -0.2) is 22.4 Å². The van der Waals surface area contributed by atoms with Crippen LogP contribution in [-0.2, 0) is 4.79 Å². The van der Waals surface area contributed by atoms with Crippen molar-refractivity contribution in [1.82, 2.24) is 9.97 Å². The minimum atomic E-state index is -0.0945. The summed E-state index contributed by atoms with van der Waals surface area (Å²) < 4.78 is 0. The summed E-state index contributed by atoms with van der Waals surface area (Å²) in [6.07, 6.45) is 2.15. The van der Waals surface area contributed by atoms with Gasteiger partial charge in [-0.1, -0.05) is 32.4 Å². The largest absolute Gasteiger partial charge is 0.330 e. The number of halogens is 1. The highest BCUT2D eigenvalue weighted by molar-refractivity contribution is 6.29. The number of carbonyl (C=O) groups excluding carboxylic acids is 1. The first-order valence-electron chi connectivity index (χ1n) is 7.23. The molecule has 21 heavy (non-hydrogen) atoms. The Kier molecular flexibility index (Phi) is 6.55. The predicted molar refractivity (Wildman–Crippen MR) is 86.3 cm³/mol. The van der Waals surface area contributed by atoms with Gasteiger partial charge in [0.05, 0.1) is 0 Å². The average Bonchev–Trinajstić information content (AvgIpc) is 2.31. The molecule has 6 heteroatoms. The highest BCUT2D eigenvalue weighted by Gasteiger charge is 2.24. The van der Waals surface area contributed by atoms with Gasteiger partial charge in [-0.15, -0.1) is 0 Å². The molecule has 0 radical (unpaired) electrons. The van der Waals surface area contributed by atoms with E-state index in [2.05, 4.69) is 36.1 Å². The van der Waals surface area contributed by atoms with Crippen molar-refractivity contribution in [1.29, 1.82) is 0 Å². The van der Waals surface area contributed by atoms with Gasteiger partial charge in [-0.25, -0.2) is 9.97 Å². The molecule has 1 atom stereocenters. The lowest BCUT2D eigenvalue weighted by molar-refractivity contribution is -0.116. The maximum atomic E-state index is 12.0. The fraction of sp³-hybridized carbons (Fsp3) is 0.667. The molecule has 0 aliphatic carbocycles. The second kappa shape index (κ2) is 7.71. The summed E-state index contributed by atoms with van der Waals surface area (Å²) in [5, 5.41) is 3.02. The summed E-state index contributed by atoms with van der Waals surface area (Å²) in [6, 6.07) is 1.65. The number of hydrogen-bond donors (Lipinski definition) is 2. The lowest BCUT2D eigenvalue weighted by Gasteiger charge is -2.30. The molecule has 3 N–H and O–H groups in total. The topological polar surface area (TPSA) is 80.9 Å². The summed E-state index contributed by atoms with van der Waals surface area (Å²) in [4.78, 5) is 20.1. The average molecular weight is 313 g/mol. The van der Waals surface area contributed by atoms with E-state index in [9.17, 15) is 4.79 Å². The Morgan fingerprint density at radius 2 is 2.05 bits per heavy atom. The normalized spacial score (nSPS) is 13.0. The van der Waals surface area contributed by atoms with Gasteiger partial charge in [0, 0.05) is 12.1 Å². The van der Waals surface area contributed by atoms with E-state index < -0.39 is 0 Å². The fourth-order valence-corrected chi connectivity index (χ4v) is 2.53. The number of aromatic nitrogens is 2. The quantitative estimate of drug-likeness (QED) is 0.791. The summed E-state index contributed by atoms with van der Waals surface area (Å²) in [5.41, 5.74) is 6.52. The number of rotatable bonds is 6. The molecule has 0 fully saturated rings. The van der Waals surface area contributed by atoms with Crippen LogP contribution < -0.4 is 11.1 Å². The van der Waals surface area contributed by atoms with E-state index in [0.717, 1.165) is 18.5 Å². The molecule has 118 valence electrons. The van der Waals surface area contributed by atoms with E-state index in [1.165, 1.54) is 0 Å². The number of carbonyl (C=O) groups is 1. The summed E-state index contributed by atoms with van der Waals surface area (Å²) in [7, 11) is 0. The first-order chi connectivity index (χ1) is 9.72. The number of amides is 1.